The topological polar surface area (TPSA) is 98.7 Å². The van der Waals surface area contributed by atoms with Gasteiger partial charge in [0, 0.05) is 27.5 Å². The van der Waals surface area contributed by atoms with E-state index in [1.54, 1.807) is 54.6 Å². The molecule has 0 saturated carbocycles. The van der Waals surface area contributed by atoms with Crippen LogP contribution in [0.2, 0.25) is 0 Å². The van der Waals surface area contributed by atoms with Crippen molar-refractivity contribution < 1.29 is 19.5 Å². The zero-order valence-electron chi connectivity index (χ0n) is 16.3. The number of nitrogens with zero attached hydrogens (tertiary/aromatic N) is 1. The molecule has 3 N–H and O–H groups in total. The van der Waals surface area contributed by atoms with Crippen molar-refractivity contribution in [2.45, 2.75) is 0 Å². The number of phenols is 1. The predicted molar refractivity (Wildman–Crippen MR) is 126 cm³/mol. The van der Waals surface area contributed by atoms with Crippen LogP contribution in [0.1, 0.15) is 10.4 Å². The van der Waals surface area contributed by atoms with Gasteiger partial charge in [-0.2, -0.15) is 0 Å². The molecule has 0 saturated heterocycles. The third kappa shape index (κ3) is 4.37. The zero-order chi connectivity index (χ0) is 22.8. The van der Waals surface area contributed by atoms with Gasteiger partial charge in [0.1, 0.15) is 16.5 Å². The van der Waals surface area contributed by atoms with Gasteiger partial charge in [-0.1, -0.05) is 39.7 Å². The summed E-state index contributed by atoms with van der Waals surface area (Å²) in [5, 5.41) is 14.8. The predicted octanol–water partition coefficient (Wildman–Crippen LogP) is 4.84. The maximum atomic E-state index is 12.9. The van der Waals surface area contributed by atoms with Crippen molar-refractivity contribution in [3.63, 3.8) is 0 Å². The minimum Gasteiger partial charge on any atom is -0.508 e. The largest absolute Gasteiger partial charge is 0.508 e. The number of anilines is 3. The van der Waals surface area contributed by atoms with Crippen molar-refractivity contribution in [3.05, 3.63) is 93.6 Å². The van der Waals surface area contributed by atoms with Gasteiger partial charge in [0.25, 0.3) is 17.7 Å². The molecule has 1 aliphatic heterocycles. The number of imide groups is 1. The highest BCUT2D eigenvalue weighted by atomic mass is 79.9. The van der Waals surface area contributed by atoms with Crippen molar-refractivity contribution in [2.75, 3.05) is 15.5 Å². The molecule has 9 heteroatoms. The van der Waals surface area contributed by atoms with E-state index >= 15 is 0 Å². The Kier molecular flexibility index (Phi) is 5.98. The van der Waals surface area contributed by atoms with Gasteiger partial charge in [0.2, 0.25) is 0 Å². The van der Waals surface area contributed by atoms with Crippen LogP contribution in [0.25, 0.3) is 0 Å². The Morgan fingerprint density at radius 2 is 1.59 bits per heavy atom. The molecule has 7 nitrogen and oxygen atoms in total. The third-order valence-electron chi connectivity index (χ3n) is 4.61. The highest BCUT2D eigenvalue weighted by Crippen LogP contribution is 2.31. The van der Waals surface area contributed by atoms with Crippen molar-refractivity contribution in [3.8, 4) is 5.75 Å². The molecule has 0 spiro atoms. The number of phenolic OH excluding ortho intramolecular Hbond substituents is 1. The molecule has 0 bridgehead atoms. The first-order valence-electron chi connectivity index (χ1n) is 9.35. The Bertz CT molecular complexity index is 1270. The highest BCUT2D eigenvalue weighted by Gasteiger charge is 2.38. The van der Waals surface area contributed by atoms with Crippen LogP contribution in [-0.2, 0) is 9.59 Å². The first-order chi connectivity index (χ1) is 15.3. The van der Waals surface area contributed by atoms with Crippen molar-refractivity contribution >= 4 is 62.3 Å². The van der Waals surface area contributed by atoms with Crippen LogP contribution in [0.15, 0.2) is 88.0 Å². The molecule has 1 aliphatic rings. The summed E-state index contributed by atoms with van der Waals surface area (Å²) in [5.74, 6) is -1.62. The fourth-order valence-corrected chi connectivity index (χ4v) is 3.58. The monoisotopic (exact) mass is 511 g/mol. The Morgan fingerprint density at radius 3 is 2.31 bits per heavy atom. The summed E-state index contributed by atoms with van der Waals surface area (Å²) in [5.41, 5.74) is 1.44. The Morgan fingerprint density at radius 1 is 0.906 bits per heavy atom. The molecule has 3 aromatic rings. The van der Waals surface area contributed by atoms with Crippen molar-refractivity contribution in [1.29, 1.82) is 0 Å². The average Bonchev–Trinajstić information content (AvgIpc) is 2.98. The number of hydrogen-bond acceptors (Lipinski definition) is 5. The van der Waals surface area contributed by atoms with Gasteiger partial charge in [-0.05, 0) is 54.6 Å². The lowest BCUT2D eigenvalue weighted by Crippen LogP contribution is -2.32. The third-order valence-corrected chi connectivity index (χ3v) is 5.49. The summed E-state index contributed by atoms with van der Waals surface area (Å²) in [7, 11) is 0. The zero-order valence-corrected chi connectivity index (χ0v) is 18.6. The maximum Gasteiger partial charge on any atom is 0.283 e. The van der Waals surface area contributed by atoms with Gasteiger partial charge in [-0.15, -0.1) is 0 Å². The number of amides is 3. The van der Waals surface area contributed by atoms with Gasteiger partial charge >= 0.3 is 0 Å². The van der Waals surface area contributed by atoms with Gasteiger partial charge in [-0.3, -0.25) is 14.4 Å². The van der Waals surface area contributed by atoms with Crippen molar-refractivity contribution in [1.82, 2.24) is 0 Å². The molecule has 4 rings (SSSR count). The summed E-state index contributed by atoms with van der Waals surface area (Å²) in [6.07, 6.45) is 0. The highest BCUT2D eigenvalue weighted by molar-refractivity contribution is 9.10. The van der Waals surface area contributed by atoms with E-state index in [1.807, 2.05) is 0 Å². The standard InChI is InChI=1S/C23H15BrClN3O4/c24-14-7-9-17(10-8-14)28-22(31)19(25)20(23(28)32)26-15-4-1-3-13(11-15)21(30)27-16-5-2-6-18(29)12-16/h1-12,26,29H,(H,27,30). The quantitative estimate of drug-likeness (QED) is 0.425. The normalized spacial score (nSPS) is 13.5. The molecule has 0 atom stereocenters. The fourth-order valence-electron chi connectivity index (χ4n) is 3.11. The Balaban J connectivity index is 1.54. The molecule has 0 radical (unpaired) electrons. The molecular formula is C23H15BrClN3O4. The Hall–Kier alpha value is -3.62. The number of carbonyl (C=O) groups excluding carboxylic acids is 3. The second-order valence-electron chi connectivity index (χ2n) is 6.82. The number of halogens is 2. The van der Waals surface area contributed by atoms with Gasteiger partial charge in [0.05, 0.1) is 5.69 Å². The molecular weight excluding hydrogens is 498 g/mol. The number of nitrogens with one attached hydrogen (secondary N) is 2. The number of rotatable bonds is 5. The SMILES string of the molecule is O=C(Nc1cccc(O)c1)c1cccc(NC2=C(Cl)C(=O)N(c3ccc(Br)cc3)C2=O)c1. The smallest absolute Gasteiger partial charge is 0.283 e. The molecule has 0 unspecified atom stereocenters. The molecule has 0 fully saturated rings. The van der Waals surface area contributed by atoms with Crippen LogP contribution in [-0.4, -0.2) is 22.8 Å². The van der Waals surface area contributed by atoms with Gasteiger partial charge < -0.3 is 15.7 Å². The fraction of sp³-hybridized carbons (Fsp3) is 0. The molecule has 160 valence electrons. The lowest BCUT2D eigenvalue weighted by atomic mass is 10.1. The summed E-state index contributed by atoms with van der Waals surface area (Å²) < 4.78 is 0.804. The summed E-state index contributed by atoms with van der Waals surface area (Å²) >= 11 is 9.48. The summed E-state index contributed by atoms with van der Waals surface area (Å²) in [6.45, 7) is 0. The molecule has 0 aromatic heterocycles. The van der Waals surface area contributed by atoms with Crippen LogP contribution in [0, 0.1) is 0 Å². The molecule has 3 aromatic carbocycles. The van der Waals surface area contributed by atoms with Crippen LogP contribution in [0.3, 0.4) is 0 Å². The average molecular weight is 513 g/mol. The summed E-state index contributed by atoms with van der Waals surface area (Å²) in [4.78, 5) is 39.0. The number of benzene rings is 3. The van der Waals surface area contributed by atoms with E-state index in [0.717, 1.165) is 9.37 Å². The van der Waals surface area contributed by atoms with E-state index in [2.05, 4.69) is 26.6 Å². The van der Waals surface area contributed by atoms with Crippen LogP contribution in [0.5, 0.6) is 5.75 Å². The van der Waals surface area contributed by atoms with Crippen molar-refractivity contribution in [2.24, 2.45) is 0 Å². The number of carbonyl (C=O) groups is 3. The van der Waals surface area contributed by atoms with E-state index in [-0.39, 0.29) is 16.5 Å². The van der Waals surface area contributed by atoms with Gasteiger partial charge in [-0.25, -0.2) is 4.90 Å². The lowest BCUT2D eigenvalue weighted by Gasteiger charge is -2.15. The van der Waals surface area contributed by atoms with Gasteiger partial charge in [0.15, 0.2) is 0 Å². The summed E-state index contributed by atoms with van der Waals surface area (Å²) in [6, 6.07) is 19.2. The molecule has 32 heavy (non-hydrogen) atoms. The van der Waals surface area contributed by atoms with E-state index in [9.17, 15) is 19.5 Å². The molecule has 3 amide bonds. The van der Waals surface area contributed by atoms with E-state index < -0.39 is 17.7 Å². The van der Waals surface area contributed by atoms with E-state index in [1.165, 1.54) is 18.2 Å². The molecule has 0 aliphatic carbocycles. The first kappa shape index (κ1) is 21.6. The van der Waals surface area contributed by atoms with E-state index in [0.29, 0.717) is 22.6 Å². The van der Waals surface area contributed by atoms with Crippen LogP contribution in [0.4, 0.5) is 17.1 Å². The molecule has 1 heterocycles. The van der Waals surface area contributed by atoms with Crippen LogP contribution >= 0.6 is 27.5 Å². The van der Waals surface area contributed by atoms with Crippen LogP contribution < -0.4 is 15.5 Å². The first-order valence-corrected chi connectivity index (χ1v) is 10.5. The minimum absolute atomic E-state index is 0.0273. The maximum absolute atomic E-state index is 12.9. The number of hydrogen-bond donors (Lipinski definition) is 3. The minimum atomic E-state index is -0.640. The van der Waals surface area contributed by atoms with E-state index in [4.69, 9.17) is 11.6 Å². The second kappa shape index (κ2) is 8.86. The lowest BCUT2D eigenvalue weighted by molar-refractivity contribution is -0.120. The number of aromatic hydroxyl groups is 1. The Labute approximate surface area is 196 Å². The second-order valence-corrected chi connectivity index (χ2v) is 8.12.